The van der Waals surface area contributed by atoms with Gasteiger partial charge in [0.05, 0.1) is 12.7 Å². The van der Waals surface area contributed by atoms with E-state index in [0.717, 1.165) is 11.4 Å². The van der Waals surface area contributed by atoms with Crippen molar-refractivity contribution in [1.29, 1.82) is 0 Å². The summed E-state index contributed by atoms with van der Waals surface area (Å²) in [5.74, 6) is 0.345. The highest BCUT2D eigenvalue weighted by Crippen LogP contribution is 2.22. The topological polar surface area (TPSA) is 50.4 Å². The molecule has 4 nitrogen and oxygen atoms in total. The summed E-state index contributed by atoms with van der Waals surface area (Å²) in [7, 11) is 1.55. The summed E-state index contributed by atoms with van der Waals surface area (Å²) < 4.78 is 5.23. The molecule has 0 aliphatic heterocycles. The molecule has 0 heterocycles. The van der Waals surface area contributed by atoms with Crippen LogP contribution in [-0.2, 0) is 0 Å². The van der Waals surface area contributed by atoms with Crippen molar-refractivity contribution in [3.8, 4) is 5.75 Å². The number of ether oxygens (including phenoxy) is 1. The lowest BCUT2D eigenvalue weighted by molar-refractivity contribution is 0.102. The monoisotopic (exact) mass is 318 g/mol. The van der Waals surface area contributed by atoms with Crippen molar-refractivity contribution < 1.29 is 9.53 Å². The van der Waals surface area contributed by atoms with Crippen molar-refractivity contribution in [3.05, 3.63) is 84.4 Å². The Morgan fingerprint density at radius 3 is 2.25 bits per heavy atom. The van der Waals surface area contributed by atoms with Crippen molar-refractivity contribution in [3.63, 3.8) is 0 Å². The Labute approximate surface area is 141 Å². The molecule has 24 heavy (non-hydrogen) atoms. The van der Waals surface area contributed by atoms with Gasteiger partial charge in [0.25, 0.3) is 5.91 Å². The Hall–Kier alpha value is -3.27. The molecule has 0 saturated carbocycles. The molecule has 0 spiro atoms. The van der Waals surface area contributed by atoms with Gasteiger partial charge in [0.2, 0.25) is 0 Å². The molecule has 0 unspecified atom stereocenters. The number of hydrogen-bond acceptors (Lipinski definition) is 3. The number of methoxy groups -OCH3 is 1. The minimum Gasteiger partial charge on any atom is -0.496 e. The smallest absolute Gasteiger partial charge is 0.259 e. The second-order valence-electron chi connectivity index (χ2n) is 5.23. The zero-order valence-electron chi connectivity index (χ0n) is 13.3. The first-order chi connectivity index (χ1) is 11.8. The molecule has 0 saturated heterocycles. The summed E-state index contributed by atoms with van der Waals surface area (Å²) >= 11 is 0. The van der Waals surface area contributed by atoms with Crippen molar-refractivity contribution >= 4 is 23.0 Å². The van der Waals surface area contributed by atoms with Crippen LogP contribution in [0.4, 0.5) is 17.1 Å². The minimum absolute atomic E-state index is 0.204. The van der Waals surface area contributed by atoms with E-state index in [-0.39, 0.29) is 5.91 Å². The van der Waals surface area contributed by atoms with Crippen LogP contribution in [-0.4, -0.2) is 13.0 Å². The van der Waals surface area contributed by atoms with Crippen molar-refractivity contribution in [2.75, 3.05) is 17.7 Å². The number of anilines is 3. The third-order valence-electron chi connectivity index (χ3n) is 3.53. The summed E-state index contributed by atoms with van der Waals surface area (Å²) in [4.78, 5) is 12.5. The van der Waals surface area contributed by atoms with Gasteiger partial charge in [0.15, 0.2) is 0 Å². The maximum Gasteiger partial charge on any atom is 0.259 e. The van der Waals surface area contributed by atoms with Gasteiger partial charge in [0, 0.05) is 17.1 Å². The standard InChI is InChI=1S/C20H18N2O2/c1-24-19-13-6-5-12-18(19)20(23)22-17-11-7-10-16(14-17)21-15-8-3-2-4-9-15/h2-14,21H,1H3,(H,22,23). The van der Waals surface area contributed by atoms with Gasteiger partial charge in [0.1, 0.15) is 5.75 Å². The number of carbonyl (C=O) groups excluding carboxylic acids is 1. The maximum atomic E-state index is 12.5. The highest BCUT2D eigenvalue weighted by atomic mass is 16.5. The van der Waals surface area contributed by atoms with E-state index < -0.39 is 0 Å². The van der Waals surface area contributed by atoms with Crippen LogP contribution < -0.4 is 15.4 Å². The fourth-order valence-corrected chi connectivity index (χ4v) is 2.39. The molecule has 3 aromatic carbocycles. The average molecular weight is 318 g/mol. The zero-order valence-corrected chi connectivity index (χ0v) is 13.3. The average Bonchev–Trinajstić information content (AvgIpc) is 2.63. The van der Waals surface area contributed by atoms with Crippen LogP contribution in [0.5, 0.6) is 5.75 Å². The summed E-state index contributed by atoms with van der Waals surface area (Å²) in [6.07, 6.45) is 0. The molecule has 3 rings (SSSR count). The van der Waals surface area contributed by atoms with Gasteiger partial charge in [-0.05, 0) is 42.5 Å². The second kappa shape index (κ2) is 7.33. The number of amides is 1. The number of rotatable bonds is 5. The highest BCUT2D eigenvalue weighted by molar-refractivity contribution is 6.06. The van der Waals surface area contributed by atoms with E-state index in [2.05, 4.69) is 10.6 Å². The molecular formula is C20H18N2O2. The minimum atomic E-state index is -0.204. The van der Waals surface area contributed by atoms with Gasteiger partial charge in [-0.25, -0.2) is 0 Å². The van der Waals surface area contributed by atoms with E-state index in [1.807, 2.05) is 66.7 Å². The van der Waals surface area contributed by atoms with Crippen LogP contribution in [0, 0.1) is 0 Å². The largest absolute Gasteiger partial charge is 0.496 e. The molecule has 0 bridgehead atoms. The fraction of sp³-hybridized carbons (Fsp3) is 0.0500. The summed E-state index contributed by atoms with van der Waals surface area (Å²) in [6, 6.07) is 24.6. The Morgan fingerprint density at radius 2 is 1.46 bits per heavy atom. The number of hydrogen-bond donors (Lipinski definition) is 2. The van der Waals surface area contributed by atoms with Crippen LogP contribution in [0.25, 0.3) is 0 Å². The molecule has 2 N–H and O–H groups in total. The van der Waals surface area contributed by atoms with Gasteiger partial charge in [-0.15, -0.1) is 0 Å². The van der Waals surface area contributed by atoms with Crippen molar-refractivity contribution in [1.82, 2.24) is 0 Å². The van der Waals surface area contributed by atoms with Gasteiger partial charge < -0.3 is 15.4 Å². The molecule has 0 fully saturated rings. The number of para-hydroxylation sites is 2. The first kappa shape index (κ1) is 15.6. The van der Waals surface area contributed by atoms with Crippen LogP contribution in [0.15, 0.2) is 78.9 Å². The molecule has 0 radical (unpaired) electrons. The third kappa shape index (κ3) is 3.73. The normalized spacial score (nSPS) is 10.0. The van der Waals surface area contributed by atoms with E-state index in [0.29, 0.717) is 17.0 Å². The van der Waals surface area contributed by atoms with Crippen LogP contribution >= 0.6 is 0 Å². The molecule has 120 valence electrons. The van der Waals surface area contributed by atoms with Crippen molar-refractivity contribution in [2.45, 2.75) is 0 Å². The zero-order chi connectivity index (χ0) is 16.8. The first-order valence-electron chi connectivity index (χ1n) is 7.63. The fourth-order valence-electron chi connectivity index (χ4n) is 2.39. The van der Waals surface area contributed by atoms with E-state index in [1.165, 1.54) is 0 Å². The third-order valence-corrected chi connectivity index (χ3v) is 3.53. The predicted octanol–water partition coefficient (Wildman–Crippen LogP) is 4.69. The SMILES string of the molecule is COc1ccccc1C(=O)Nc1cccc(Nc2ccccc2)c1. The number of carbonyl (C=O) groups is 1. The quantitative estimate of drug-likeness (QED) is 0.717. The molecule has 4 heteroatoms. The molecule has 0 aliphatic carbocycles. The number of nitrogens with one attached hydrogen (secondary N) is 2. The Kier molecular flexibility index (Phi) is 4.77. The van der Waals surface area contributed by atoms with Gasteiger partial charge >= 0.3 is 0 Å². The van der Waals surface area contributed by atoms with Gasteiger partial charge in [-0.3, -0.25) is 4.79 Å². The molecule has 0 atom stereocenters. The van der Waals surface area contributed by atoms with E-state index in [4.69, 9.17) is 4.74 Å². The molecule has 0 aliphatic rings. The van der Waals surface area contributed by atoms with Crippen molar-refractivity contribution in [2.24, 2.45) is 0 Å². The van der Waals surface area contributed by atoms with E-state index in [9.17, 15) is 4.79 Å². The van der Waals surface area contributed by atoms with Gasteiger partial charge in [-0.2, -0.15) is 0 Å². The lowest BCUT2D eigenvalue weighted by Gasteiger charge is -2.11. The highest BCUT2D eigenvalue weighted by Gasteiger charge is 2.11. The lowest BCUT2D eigenvalue weighted by atomic mass is 10.1. The first-order valence-corrected chi connectivity index (χ1v) is 7.63. The lowest BCUT2D eigenvalue weighted by Crippen LogP contribution is -2.13. The summed E-state index contributed by atoms with van der Waals surface area (Å²) in [6.45, 7) is 0. The van der Waals surface area contributed by atoms with Crippen LogP contribution in [0.2, 0.25) is 0 Å². The molecule has 1 amide bonds. The Bertz CT molecular complexity index is 832. The summed E-state index contributed by atoms with van der Waals surface area (Å²) in [5, 5.41) is 6.20. The Balaban J connectivity index is 1.76. The number of benzene rings is 3. The predicted molar refractivity (Wildman–Crippen MR) is 97.1 cm³/mol. The molecular weight excluding hydrogens is 300 g/mol. The van der Waals surface area contributed by atoms with Crippen LogP contribution in [0.3, 0.4) is 0 Å². The van der Waals surface area contributed by atoms with Crippen LogP contribution in [0.1, 0.15) is 10.4 Å². The Morgan fingerprint density at radius 1 is 0.792 bits per heavy atom. The van der Waals surface area contributed by atoms with E-state index in [1.54, 1.807) is 19.2 Å². The maximum absolute atomic E-state index is 12.5. The van der Waals surface area contributed by atoms with Gasteiger partial charge in [-0.1, -0.05) is 36.4 Å². The second-order valence-corrected chi connectivity index (χ2v) is 5.23. The molecule has 0 aromatic heterocycles. The van der Waals surface area contributed by atoms with E-state index >= 15 is 0 Å². The summed E-state index contributed by atoms with van der Waals surface area (Å²) in [5.41, 5.74) is 3.11. The molecule has 3 aromatic rings.